The average Bonchev–Trinajstić information content (AvgIpc) is 3.54. The summed E-state index contributed by atoms with van der Waals surface area (Å²) < 4.78 is 12.6. The van der Waals surface area contributed by atoms with Gasteiger partial charge in [0.25, 0.3) is 0 Å². The van der Waals surface area contributed by atoms with Crippen LogP contribution in [-0.2, 0) is 11.5 Å². The number of hydrogen-bond donors (Lipinski definition) is 0. The largest absolute Gasteiger partial charge is 0.456 e. The second kappa shape index (κ2) is 8.89. The van der Waals surface area contributed by atoms with Crippen LogP contribution in [0, 0.1) is 0 Å². The minimum Gasteiger partial charge on any atom is -0.456 e. The smallest absolute Gasteiger partial charge is 0.143 e. The van der Waals surface area contributed by atoms with Gasteiger partial charge in [0.15, 0.2) is 0 Å². The van der Waals surface area contributed by atoms with E-state index in [0.29, 0.717) is 0 Å². The summed E-state index contributed by atoms with van der Waals surface area (Å²) in [5.74, 6) is 1.98. The number of hydrogen-bond acceptors (Lipinski definition) is 3. The molecule has 0 saturated carbocycles. The highest BCUT2D eigenvalue weighted by molar-refractivity contribution is 7.97. The molecular weight excluding hydrogens is 520 g/mol. The van der Waals surface area contributed by atoms with Crippen LogP contribution in [0.3, 0.4) is 0 Å². The summed E-state index contributed by atoms with van der Waals surface area (Å²) in [6.45, 7) is 0. The predicted molar refractivity (Wildman–Crippen MR) is 172 cm³/mol. The van der Waals surface area contributed by atoms with Gasteiger partial charge in [0.1, 0.15) is 22.3 Å². The SMILES string of the molecule is c1ccc2c(c1)oc1c(-c3ccc4c(c3)CSCc3ccc(-c5cccc6oc7ccccc7c56)cc3-4)cccc12. The zero-order chi connectivity index (χ0) is 26.9. The number of benzene rings is 6. The van der Waals surface area contributed by atoms with Crippen LogP contribution in [0.2, 0.25) is 0 Å². The van der Waals surface area contributed by atoms with Crippen LogP contribution in [0.25, 0.3) is 77.3 Å². The Balaban J connectivity index is 1.20. The normalized spacial score (nSPS) is 13.1. The third-order valence-electron chi connectivity index (χ3n) is 8.45. The van der Waals surface area contributed by atoms with E-state index in [2.05, 4.69) is 97.1 Å². The molecule has 1 aliphatic heterocycles. The van der Waals surface area contributed by atoms with Gasteiger partial charge in [0.2, 0.25) is 0 Å². The van der Waals surface area contributed by atoms with Crippen LogP contribution in [0.5, 0.6) is 0 Å². The summed E-state index contributed by atoms with van der Waals surface area (Å²) >= 11 is 1.98. The molecule has 3 heteroatoms. The van der Waals surface area contributed by atoms with Crippen LogP contribution < -0.4 is 0 Å². The van der Waals surface area contributed by atoms with Crippen LogP contribution in [-0.4, -0.2) is 0 Å². The van der Waals surface area contributed by atoms with Crippen LogP contribution in [0.4, 0.5) is 0 Å². The quantitative estimate of drug-likeness (QED) is 0.216. The summed E-state index contributed by atoms with van der Waals surface area (Å²) in [5.41, 5.74) is 13.9. The molecule has 0 spiro atoms. The lowest BCUT2D eigenvalue weighted by molar-refractivity contribution is 0.669. The van der Waals surface area contributed by atoms with E-state index < -0.39 is 0 Å². The van der Waals surface area contributed by atoms with Crippen molar-refractivity contribution in [3.63, 3.8) is 0 Å². The second-order valence-corrected chi connectivity index (χ2v) is 11.8. The molecule has 0 saturated heterocycles. The molecule has 0 bridgehead atoms. The van der Waals surface area contributed by atoms with Crippen molar-refractivity contribution in [3.05, 3.63) is 132 Å². The third kappa shape index (κ3) is 3.52. The Morgan fingerprint density at radius 2 is 1.12 bits per heavy atom. The second-order valence-electron chi connectivity index (χ2n) is 10.8. The van der Waals surface area contributed by atoms with E-state index in [9.17, 15) is 0 Å². The molecule has 0 atom stereocenters. The Labute approximate surface area is 241 Å². The molecule has 8 aromatic rings. The zero-order valence-corrected chi connectivity index (χ0v) is 23.0. The van der Waals surface area contributed by atoms with Gasteiger partial charge in [0, 0.05) is 38.6 Å². The summed E-state index contributed by atoms with van der Waals surface area (Å²) in [7, 11) is 0. The van der Waals surface area contributed by atoms with Crippen LogP contribution in [0.15, 0.2) is 130 Å². The van der Waals surface area contributed by atoms with Crippen molar-refractivity contribution in [1.29, 1.82) is 0 Å². The van der Waals surface area contributed by atoms with E-state index in [4.69, 9.17) is 8.83 Å². The first-order chi connectivity index (χ1) is 20.3. The Morgan fingerprint density at radius 3 is 2.05 bits per heavy atom. The number of rotatable bonds is 2. The van der Waals surface area contributed by atoms with Gasteiger partial charge in [-0.15, -0.1) is 0 Å². The molecule has 0 aliphatic carbocycles. The zero-order valence-electron chi connectivity index (χ0n) is 22.2. The van der Waals surface area contributed by atoms with E-state index in [1.807, 2.05) is 36.0 Å². The summed E-state index contributed by atoms with van der Waals surface area (Å²) in [6.07, 6.45) is 0. The van der Waals surface area contributed by atoms with Gasteiger partial charge in [-0.05, 0) is 69.3 Å². The molecule has 0 unspecified atom stereocenters. The highest BCUT2D eigenvalue weighted by atomic mass is 32.2. The Kier molecular flexibility index (Phi) is 4.99. The molecule has 0 N–H and O–H groups in total. The van der Waals surface area contributed by atoms with Gasteiger partial charge >= 0.3 is 0 Å². The van der Waals surface area contributed by atoms with Gasteiger partial charge in [-0.2, -0.15) is 11.8 Å². The monoisotopic (exact) mass is 544 g/mol. The predicted octanol–water partition coefficient (Wildman–Crippen LogP) is 11.2. The van der Waals surface area contributed by atoms with Crippen molar-refractivity contribution >= 4 is 55.6 Å². The molecule has 6 aromatic carbocycles. The Hall–Kier alpha value is -4.73. The number of furan rings is 2. The fourth-order valence-electron chi connectivity index (χ4n) is 6.52. The fraction of sp³-hybridized carbons (Fsp3) is 0.0526. The number of fused-ring (bicyclic) bond motifs is 9. The minimum atomic E-state index is 0.929. The van der Waals surface area contributed by atoms with Gasteiger partial charge in [-0.3, -0.25) is 0 Å². The lowest BCUT2D eigenvalue weighted by Crippen LogP contribution is -1.91. The topological polar surface area (TPSA) is 26.3 Å². The molecule has 2 nitrogen and oxygen atoms in total. The standard InChI is InChI=1S/C38H24O2S/c1-3-12-34-30(7-1)31-11-5-10-29(38(31)40-34)23-17-18-27-26(19-23)22-41-21-25-16-15-24(20-33(25)27)28-9-6-14-36-37(28)32-8-2-4-13-35(32)39-36/h1-20H,21-22H2. The molecule has 0 fully saturated rings. The summed E-state index contributed by atoms with van der Waals surface area (Å²) in [4.78, 5) is 0. The van der Waals surface area contributed by atoms with Crippen molar-refractivity contribution in [1.82, 2.24) is 0 Å². The number of para-hydroxylation sites is 3. The Morgan fingerprint density at radius 1 is 0.439 bits per heavy atom. The first-order valence-electron chi connectivity index (χ1n) is 14.0. The first kappa shape index (κ1) is 23.0. The molecule has 41 heavy (non-hydrogen) atoms. The maximum absolute atomic E-state index is 6.37. The van der Waals surface area contributed by atoms with E-state index in [1.165, 1.54) is 49.7 Å². The van der Waals surface area contributed by atoms with Crippen molar-refractivity contribution in [3.8, 4) is 33.4 Å². The molecule has 9 rings (SSSR count). The highest BCUT2D eigenvalue weighted by Gasteiger charge is 2.19. The van der Waals surface area contributed by atoms with Crippen molar-refractivity contribution in [2.24, 2.45) is 0 Å². The fourth-order valence-corrected chi connectivity index (χ4v) is 7.56. The third-order valence-corrected chi connectivity index (χ3v) is 9.48. The van der Waals surface area contributed by atoms with E-state index in [-0.39, 0.29) is 0 Å². The molecule has 3 heterocycles. The van der Waals surface area contributed by atoms with Gasteiger partial charge in [-0.25, -0.2) is 0 Å². The van der Waals surface area contributed by atoms with E-state index in [1.54, 1.807) is 0 Å². The maximum atomic E-state index is 6.37. The van der Waals surface area contributed by atoms with E-state index >= 15 is 0 Å². The minimum absolute atomic E-state index is 0.929. The average molecular weight is 545 g/mol. The highest BCUT2D eigenvalue weighted by Crippen LogP contribution is 2.43. The van der Waals surface area contributed by atoms with Crippen molar-refractivity contribution < 1.29 is 8.83 Å². The molecular formula is C38H24O2S. The molecule has 194 valence electrons. The van der Waals surface area contributed by atoms with Gasteiger partial charge < -0.3 is 8.83 Å². The number of thioether (sulfide) groups is 1. The first-order valence-corrected chi connectivity index (χ1v) is 15.1. The maximum Gasteiger partial charge on any atom is 0.143 e. The van der Waals surface area contributed by atoms with Crippen molar-refractivity contribution in [2.75, 3.05) is 0 Å². The Bertz CT molecular complexity index is 2300. The molecule has 1 aliphatic rings. The molecule has 2 aromatic heterocycles. The van der Waals surface area contributed by atoms with Crippen molar-refractivity contribution in [2.45, 2.75) is 11.5 Å². The lowest BCUT2D eigenvalue weighted by atomic mass is 9.90. The van der Waals surface area contributed by atoms with Crippen LogP contribution >= 0.6 is 11.8 Å². The lowest BCUT2D eigenvalue weighted by Gasteiger charge is -2.14. The molecule has 0 amide bonds. The van der Waals surface area contributed by atoms with Gasteiger partial charge in [-0.1, -0.05) is 91.0 Å². The summed E-state index contributed by atoms with van der Waals surface area (Å²) in [6, 6.07) is 43.4. The van der Waals surface area contributed by atoms with Crippen LogP contribution in [0.1, 0.15) is 11.1 Å². The van der Waals surface area contributed by atoms with Gasteiger partial charge in [0.05, 0.1) is 0 Å². The molecule has 0 radical (unpaired) electrons. The summed E-state index contributed by atoms with van der Waals surface area (Å²) in [5, 5.41) is 4.67. The van der Waals surface area contributed by atoms with E-state index in [0.717, 1.165) is 50.2 Å².